The van der Waals surface area contributed by atoms with E-state index < -0.39 is 30.0 Å². The van der Waals surface area contributed by atoms with Crippen LogP contribution in [-0.2, 0) is 24.4 Å². The average Bonchev–Trinajstić information content (AvgIpc) is 3.53. The molecule has 2 atom stereocenters. The van der Waals surface area contributed by atoms with Gasteiger partial charge < -0.3 is 29.5 Å². The normalized spacial score (nSPS) is 16.7. The average molecular weight is 766 g/mol. The Balaban J connectivity index is 1.24. The molecule has 1 saturated heterocycles. The Morgan fingerprint density at radius 2 is 1.92 bits per heavy atom. The van der Waals surface area contributed by atoms with E-state index in [1.807, 2.05) is 18.2 Å². The second kappa shape index (κ2) is 16.7. The summed E-state index contributed by atoms with van der Waals surface area (Å²) < 4.78 is 34.0. The van der Waals surface area contributed by atoms with Crippen molar-refractivity contribution in [3.05, 3.63) is 105 Å². The molecule has 2 aliphatic rings. The lowest BCUT2D eigenvalue weighted by Gasteiger charge is -2.35. The monoisotopic (exact) mass is 764 g/mol. The number of likely N-dealkylation sites (tertiary alicyclic amines) is 1. The van der Waals surface area contributed by atoms with E-state index in [-0.39, 0.29) is 30.0 Å². The fourth-order valence-electron chi connectivity index (χ4n) is 6.41. The van der Waals surface area contributed by atoms with Crippen molar-refractivity contribution in [3.63, 3.8) is 0 Å². The maximum atomic E-state index is 15.3. The molecule has 1 fully saturated rings. The van der Waals surface area contributed by atoms with Crippen molar-refractivity contribution < 1.29 is 38.7 Å². The van der Waals surface area contributed by atoms with E-state index in [2.05, 4.69) is 15.2 Å². The number of carboxylic acid groups (broad SMARTS) is 1. The number of aliphatic hydroxyl groups is 2. The topological polar surface area (TPSA) is 157 Å². The van der Waals surface area contributed by atoms with Gasteiger partial charge in [0.05, 0.1) is 34.9 Å². The van der Waals surface area contributed by atoms with E-state index in [1.54, 1.807) is 30.5 Å². The number of carboxylic acids is 1. The lowest BCUT2D eigenvalue weighted by molar-refractivity contribution is -0.145. The van der Waals surface area contributed by atoms with Gasteiger partial charge in [0.25, 0.3) is 0 Å². The van der Waals surface area contributed by atoms with Crippen LogP contribution in [0.2, 0.25) is 10.0 Å². The van der Waals surface area contributed by atoms with Crippen LogP contribution < -0.4 is 19.5 Å². The molecule has 1 aliphatic carbocycles. The van der Waals surface area contributed by atoms with Gasteiger partial charge in [0, 0.05) is 61.3 Å². The lowest BCUT2D eigenvalue weighted by atomic mass is 9.96. The molecule has 0 radical (unpaired) electrons. The van der Waals surface area contributed by atoms with Crippen LogP contribution in [0, 0.1) is 17.1 Å². The standard InChI is InChI=1S/C39H39Cl2FN4O7/c1-39(22-47,38(49)50)45-18-25-11-32(40)36(14-35(25)52-21-24-10-23(15-43)16-44-17-24)53-33-7-6-28-30(12-26(42)13-31(28)33)29-4-2-5-34(37(29)41)51-9-3-8-46-19-27(48)20-46/h2,4-5,10-14,16-17,27,33,45,47-48H,3,6-9,18-22H2,1H3,(H,49,50)/t33-,39?/m0/s1. The maximum absolute atomic E-state index is 15.3. The van der Waals surface area contributed by atoms with Gasteiger partial charge in [0.1, 0.15) is 47.4 Å². The molecule has 1 unspecified atom stereocenters. The number of aromatic nitrogens is 1. The number of halogens is 3. The molecule has 11 nitrogen and oxygen atoms in total. The zero-order chi connectivity index (χ0) is 37.7. The molecule has 1 aromatic heterocycles. The molecule has 278 valence electrons. The molecule has 0 saturated carbocycles. The van der Waals surface area contributed by atoms with Gasteiger partial charge in [-0.3, -0.25) is 20.0 Å². The van der Waals surface area contributed by atoms with Gasteiger partial charge in [0.2, 0.25) is 0 Å². The van der Waals surface area contributed by atoms with E-state index in [9.17, 15) is 25.4 Å². The van der Waals surface area contributed by atoms with Crippen molar-refractivity contribution in [1.82, 2.24) is 15.2 Å². The first-order valence-corrected chi connectivity index (χ1v) is 17.9. The van der Waals surface area contributed by atoms with Gasteiger partial charge in [-0.25, -0.2) is 4.39 Å². The molecule has 0 amide bonds. The van der Waals surface area contributed by atoms with Gasteiger partial charge in [0.15, 0.2) is 0 Å². The fourth-order valence-corrected chi connectivity index (χ4v) is 6.93. The third kappa shape index (κ3) is 8.84. The summed E-state index contributed by atoms with van der Waals surface area (Å²) >= 11 is 13.6. The number of hydrogen-bond donors (Lipinski definition) is 4. The number of hydrogen-bond acceptors (Lipinski definition) is 10. The summed E-state index contributed by atoms with van der Waals surface area (Å²) in [5.74, 6) is -0.608. The molecule has 2 heterocycles. The number of aliphatic hydroxyl groups excluding tert-OH is 2. The smallest absolute Gasteiger partial charge is 0.326 e. The molecular formula is C39H39Cl2FN4O7. The summed E-state index contributed by atoms with van der Waals surface area (Å²) in [4.78, 5) is 18.1. The summed E-state index contributed by atoms with van der Waals surface area (Å²) in [7, 11) is 0. The van der Waals surface area contributed by atoms with E-state index >= 15 is 4.39 Å². The van der Waals surface area contributed by atoms with E-state index in [0.717, 1.165) is 18.5 Å². The van der Waals surface area contributed by atoms with Gasteiger partial charge in [-0.15, -0.1) is 0 Å². The number of β-amino-alcohol motifs (C(OH)–C–C–N with tert-alkyl or cyclic N) is 1. The molecule has 3 aromatic carbocycles. The van der Waals surface area contributed by atoms with Crippen molar-refractivity contribution >= 4 is 29.2 Å². The Kier molecular flexibility index (Phi) is 12.0. The molecule has 0 bridgehead atoms. The Hall–Kier alpha value is -4.48. The number of nitrogens with one attached hydrogen (secondary N) is 1. The number of rotatable bonds is 16. The number of carbonyl (C=O) groups is 1. The minimum absolute atomic E-state index is 0.0257. The highest BCUT2D eigenvalue weighted by molar-refractivity contribution is 6.35. The minimum atomic E-state index is -1.63. The van der Waals surface area contributed by atoms with Crippen molar-refractivity contribution in [2.24, 2.45) is 0 Å². The lowest BCUT2D eigenvalue weighted by Crippen LogP contribution is -2.52. The van der Waals surface area contributed by atoms with Crippen LogP contribution in [0.3, 0.4) is 0 Å². The van der Waals surface area contributed by atoms with Gasteiger partial charge in [-0.1, -0.05) is 35.3 Å². The van der Waals surface area contributed by atoms with Gasteiger partial charge >= 0.3 is 5.97 Å². The molecule has 14 heteroatoms. The number of aliphatic carboxylic acids is 1. The minimum Gasteiger partial charge on any atom is -0.492 e. The highest BCUT2D eigenvalue weighted by Gasteiger charge is 2.33. The SMILES string of the molecule is CC(CO)(NCc1cc(Cl)c(O[C@H]2CCc3c(-c4cccc(OCCCN5CC(O)C5)c4Cl)cc(F)cc32)cc1OCc1cncc(C#N)c1)C(=O)O. The van der Waals surface area contributed by atoms with Crippen LogP contribution in [0.15, 0.2) is 60.9 Å². The molecule has 0 spiro atoms. The van der Waals surface area contributed by atoms with Gasteiger partial charge in [-0.2, -0.15) is 5.26 Å². The highest BCUT2D eigenvalue weighted by Crippen LogP contribution is 2.45. The maximum Gasteiger partial charge on any atom is 0.326 e. The first kappa shape index (κ1) is 38.3. The fraction of sp³-hybridized carbons (Fsp3) is 0.359. The number of fused-ring (bicyclic) bond motifs is 1. The number of pyridine rings is 1. The molecular weight excluding hydrogens is 726 g/mol. The zero-order valence-corrected chi connectivity index (χ0v) is 30.5. The summed E-state index contributed by atoms with van der Waals surface area (Å²) in [6, 6.07) is 15.2. The molecule has 6 rings (SSSR count). The van der Waals surface area contributed by atoms with Crippen LogP contribution in [-0.4, -0.2) is 75.7 Å². The third-order valence-electron chi connectivity index (χ3n) is 9.48. The Labute approximate surface area is 316 Å². The number of nitrogens with zero attached hydrogens (tertiary/aromatic N) is 3. The predicted molar refractivity (Wildman–Crippen MR) is 196 cm³/mol. The third-order valence-corrected chi connectivity index (χ3v) is 10.2. The summed E-state index contributed by atoms with van der Waals surface area (Å²) in [5, 5.41) is 41.7. The van der Waals surface area contributed by atoms with Crippen LogP contribution >= 0.6 is 23.2 Å². The number of benzene rings is 3. The highest BCUT2D eigenvalue weighted by atomic mass is 35.5. The first-order chi connectivity index (χ1) is 25.5. The van der Waals surface area contributed by atoms with Crippen LogP contribution in [0.5, 0.6) is 17.2 Å². The van der Waals surface area contributed by atoms with Crippen LogP contribution in [0.25, 0.3) is 11.1 Å². The van der Waals surface area contributed by atoms with E-state index in [0.29, 0.717) is 82.4 Å². The molecule has 53 heavy (non-hydrogen) atoms. The summed E-state index contributed by atoms with van der Waals surface area (Å²) in [6.45, 7) is 3.30. The molecule has 1 aliphatic heterocycles. The Morgan fingerprint density at radius 1 is 1.11 bits per heavy atom. The van der Waals surface area contributed by atoms with Crippen molar-refractivity contribution in [2.75, 3.05) is 32.8 Å². The van der Waals surface area contributed by atoms with Crippen molar-refractivity contribution in [3.8, 4) is 34.4 Å². The van der Waals surface area contributed by atoms with Crippen LogP contribution in [0.4, 0.5) is 4.39 Å². The number of nitriles is 1. The Bertz CT molecular complexity index is 2020. The second-order valence-corrected chi connectivity index (χ2v) is 14.2. The molecule has 4 aromatic rings. The van der Waals surface area contributed by atoms with Crippen molar-refractivity contribution in [2.45, 2.75) is 57.1 Å². The molecule has 4 N–H and O–H groups in total. The van der Waals surface area contributed by atoms with E-state index in [4.69, 9.17) is 37.4 Å². The van der Waals surface area contributed by atoms with E-state index in [1.165, 1.54) is 25.3 Å². The zero-order valence-electron chi connectivity index (χ0n) is 28.9. The quantitative estimate of drug-likeness (QED) is 0.0981. The summed E-state index contributed by atoms with van der Waals surface area (Å²) in [6.07, 6.45) is 4.07. The second-order valence-electron chi connectivity index (χ2n) is 13.4. The first-order valence-electron chi connectivity index (χ1n) is 17.2. The predicted octanol–water partition coefficient (Wildman–Crippen LogP) is 6.08. The van der Waals surface area contributed by atoms with Gasteiger partial charge in [-0.05, 0) is 73.2 Å². The Morgan fingerprint density at radius 3 is 2.66 bits per heavy atom. The largest absolute Gasteiger partial charge is 0.492 e. The van der Waals surface area contributed by atoms with Crippen LogP contribution in [0.1, 0.15) is 53.7 Å². The number of ether oxygens (including phenoxy) is 3. The van der Waals surface area contributed by atoms with Crippen molar-refractivity contribution in [1.29, 1.82) is 5.26 Å². The summed E-state index contributed by atoms with van der Waals surface area (Å²) in [5.41, 5.74) is 2.68.